The number of pyridine rings is 1. The van der Waals surface area contributed by atoms with Crippen LogP contribution in [0.1, 0.15) is 17.2 Å². The lowest BCUT2D eigenvalue weighted by Crippen LogP contribution is -2.15. The van der Waals surface area contributed by atoms with Crippen LogP contribution in [-0.2, 0) is 6.42 Å². The minimum Gasteiger partial charge on any atom is -0.495 e. The maximum absolute atomic E-state index is 6.22. The van der Waals surface area contributed by atoms with Crippen LogP contribution in [0.2, 0.25) is 10.0 Å². The van der Waals surface area contributed by atoms with Crippen LogP contribution in [0.5, 0.6) is 5.75 Å². The molecule has 0 saturated carbocycles. The first-order valence-corrected chi connectivity index (χ1v) is 6.55. The maximum atomic E-state index is 6.22. The van der Waals surface area contributed by atoms with E-state index in [0.29, 0.717) is 22.2 Å². The number of ether oxygens (including phenoxy) is 1. The molecule has 0 amide bonds. The van der Waals surface area contributed by atoms with Crippen LogP contribution in [0.15, 0.2) is 36.7 Å². The van der Waals surface area contributed by atoms with Gasteiger partial charge in [-0.25, -0.2) is 0 Å². The third-order valence-corrected chi connectivity index (χ3v) is 3.63. The molecule has 5 heteroatoms. The number of methoxy groups -OCH3 is 1. The predicted octanol–water partition coefficient (Wildman–Crippen LogP) is 3.64. The summed E-state index contributed by atoms with van der Waals surface area (Å²) >= 11 is 12.3. The first kappa shape index (κ1) is 14.1. The summed E-state index contributed by atoms with van der Waals surface area (Å²) in [5, 5.41) is 1.24. The summed E-state index contributed by atoms with van der Waals surface area (Å²) in [5.74, 6) is 0.665. The molecule has 1 aromatic carbocycles. The van der Waals surface area contributed by atoms with Gasteiger partial charge in [-0.15, -0.1) is 0 Å². The monoisotopic (exact) mass is 296 g/mol. The van der Waals surface area contributed by atoms with E-state index in [1.165, 1.54) is 0 Å². The molecule has 1 atom stereocenters. The van der Waals surface area contributed by atoms with E-state index in [0.717, 1.165) is 11.1 Å². The van der Waals surface area contributed by atoms with E-state index < -0.39 is 0 Å². The highest BCUT2D eigenvalue weighted by molar-refractivity contribution is 6.36. The third-order valence-electron chi connectivity index (χ3n) is 2.92. The molecule has 1 heterocycles. The Kier molecular flexibility index (Phi) is 4.64. The van der Waals surface area contributed by atoms with E-state index in [9.17, 15) is 0 Å². The first-order valence-electron chi connectivity index (χ1n) is 5.80. The molecule has 0 radical (unpaired) electrons. The number of nitrogens with zero attached hydrogens (tertiary/aromatic N) is 1. The zero-order valence-corrected chi connectivity index (χ0v) is 11.9. The topological polar surface area (TPSA) is 48.1 Å². The summed E-state index contributed by atoms with van der Waals surface area (Å²) in [5.41, 5.74) is 7.94. The Hall–Kier alpha value is -1.29. The normalized spacial score (nSPS) is 12.2. The summed E-state index contributed by atoms with van der Waals surface area (Å²) in [4.78, 5) is 4.01. The molecule has 2 aromatic rings. The predicted molar refractivity (Wildman–Crippen MR) is 77.9 cm³/mol. The van der Waals surface area contributed by atoms with E-state index in [1.54, 1.807) is 31.6 Å². The van der Waals surface area contributed by atoms with Gasteiger partial charge in [-0.3, -0.25) is 4.98 Å². The Bertz CT molecular complexity index is 555. The van der Waals surface area contributed by atoms with Gasteiger partial charge < -0.3 is 10.5 Å². The zero-order valence-electron chi connectivity index (χ0n) is 10.4. The second-order valence-electron chi connectivity index (χ2n) is 4.13. The van der Waals surface area contributed by atoms with Crippen LogP contribution in [0.3, 0.4) is 0 Å². The molecule has 3 nitrogen and oxygen atoms in total. The SMILES string of the molecule is COc1cnccc1C(N)Cc1c(Cl)cccc1Cl. The first-order chi connectivity index (χ1) is 9.13. The van der Waals surface area contributed by atoms with Crippen molar-refractivity contribution in [3.63, 3.8) is 0 Å². The number of aromatic nitrogens is 1. The van der Waals surface area contributed by atoms with Crippen molar-refractivity contribution in [2.24, 2.45) is 5.73 Å². The van der Waals surface area contributed by atoms with Crippen LogP contribution >= 0.6 is 23.2 Å². The summed E-state index contributed by atoms with van der Waals surface area (Å²) in [6.07, 6.45) is 3.87. The van der Waals surface area contributed by atoms with Gasteiger partial charge in [0.05, 0.1) is 13.3 Å². The average Bonchev–Trinajstić information content (AvgIpc) is 2.42. The smallest absolute Gasteiger partial charge is 0.141 e. The van der Waals surface area contributed by atoms with Crippen molar-refractivity contribution in [2.45, 2.75) is 12.5 Å². The lowest BCUT2D eigenvalue weighted by molar-refractivity contribution is 0.403. The molecule has 2 rings (SSSR count). The van der Waals surface area contributed by atoms with Gasteiger partial charge in [0, 0.05) is 27.8 Å². The van der Waals surface area contributed by atoms with Crippen molar-refractivity contribution in [2.75, 3.05) is 7.11 Å². The van der Waals surface area contributed by atoms with Crippen molar-refractivity contribution >= 4 is 23.2 Å². The van der Waals surface area contributed by atoms with Crippen molar-refractivity contribution in [3.05, 3.63) is 57.8 Å². The lowest BCUT2D eigenvalue weighted by atomic mass is 10.00. The van der Waals surface area contributed by atoms with Gasteiger partial charge in [-0.1, -0.05) is 29.3 Å². The molecule has 0 saturated heterocycles. The molecule has 0 spiro atoms. The number of hydrogen-bond acceptors (Lipinski definition) is 3. The number of nitrogens with two attached hydrogens (primary N) is 1. The summed E-state index contributed by atoms with van der Waals surface area (Å²) in [6, 6.07) is 7.01. The Morgan fingerprint density at radius 2 is 1.95 bits per heavy atom. The molecule has 0 fully saturated rings. The third kappa shape index (κ3) is 3.18. The van der Waals surface area contributed by atoms with Crippen molar-refractivity contribution in [3.8, 4) is 5.75 Å². The molecular formula is C14H14Cl2N2O. The quantitative estimate of drug-likeness (QED) is 0.937. The molecule has 19 heavy (non-hydrogen) atoms. The highest BCUT2D eigenvalue weighted by Crippen LogP contribution is 2.30. The minimum atomic E-state index is -0.254. The Labute approximate surface area is 122 Å². The molecule has 2 N–H and O–H groups in total. The Morgan fingerprint density at radius 3 is 2.58 bits per heavy atom. The molecule has 0 bridgehead atoms. The summed E-state index contributed by atoms with van der Waals surface area (Å²) < 4.78 is 5.26. The van der Waals surface area contributed by atoms with Gasteiger partial charge in [0.1, 0.15) is 5.75 Å². The Balaban J connectivity index is 2.28. The van der Waals surface area contributed by atoms with Gasteiger partial charge >= 0.3 is 0 Å². The van der Waals surface area contributed by atoms with Crippen LogP contribution in [0.4, 0.5) is 0 Å². The molecule has 0 aliphatic heterocycles. The average molecular weight is 297 g/mol. The van der Waals surface area contributed by atoms with Gasteiger partial charge in [-0.2, -0.15) is 0 Å². The molecular weight excluding hydrogens is 283 g/mol. The van der Waals surface area contributed by atoms with Gasteiger partial charge in [0.2, 0.25) is 0 Å². The lowest BCUT2D eigenvalue weighted by Gasteiger charge is -2.16. The van der Waals surface area contributed by atoms with Crippen molar-refractivity contribution < 1.29 is 4.74 Å². The maximum Gasteiger partial charge on any atom is 0.141 e. The van der Waals surface area contributed by atoms with Crippen LogP contribution < -0.4 is 10.5 Å². The second kappa shape index (κ2) is 6.24. The highest BCUT2D eigenvalue weighted by Gasteiger charge is 2.15. The molecule has 1 unspecified atom stereocenters. The summed E-state index contributed by atoms with van der Waals surface area (Å²) in [6.45, 7) is 0. The van der Waals surface area contributed by atoms with E-state index in [1.807, 2.05) is 12.1 Å². The molecule has 0 aliphatic carbocycles. The van der Waals surface area contributed by atoms with Gasteiger partial charge in [-0.05, 0) is 30.2 Å². The van der Waals surface area contributed by atoms with Crippen LogP contribution in [0.25, 0.3) is 0 Å². The van der Waals surface area contributed by atoms with Crippen LogP contribution in [0, 0.1) is 0 Å². The highest BCUT2D eigenvalue weighted by atomic mass is 35.5. The number of halogens is 2. The summed E-state index contributed by atoms with van der Waals surface area (Å²) in [7, 11) is 1.59. The fourth-order valence-electron chi connectivity index (χ4n) is 1.92. The van der Waals surface area contributed by atoms with Gasteiger partial charge in [0.15, 0.2) is 0 Å². The Morgan fingerprint density at radius 1 is 1.26 bits per heavy atom. The van der Waals surface area contributed by atoms with Crippen molar-refractivity contribution in [1.82, 2.24) is 4.98 Å². The number of rotatable bonds is 4. The van der Waals surface area contributed by atoms with E-state index >= 15 is 0 Å². The van der Waals surface area contributed by atoms with E-state index in [-0.39, 0.29) is 6.04 Å². The van der Waals surface area contributed by atoms with Gasteiger partial charge in [0.25, 0.3) is 0 Å². The largest absolute Gasteiger partial charge is 0.495 e. The fourth-order valence-corrected chi connectivity index (χ4v) is 2.48. The second-order valence-corrected chi connectivity index (χ2v) is 4.94. The standard InChI is InChI=1S/C14H14Cl2N2O/c1-19-14-8-18-6-5-9(14)13(17)7-10-11(15)3-2-4-12(10)16/h2-6,8,13H,7,17H2,1H3. The fraction of sp³-hybridized carbons (Fsp3) is 0.214. The molecule has 0 aliphatic rings. The van der Waals surface area contributed by atoms with E-state index in [4.69, 9.17) is 33.7 Å². The van der Waals surface area contributed by atoms with Crippen LogP contribution in [-0.4, -0.2) is 12.1 Å². The van der Waals surface area contributed by atoms with E-state index in [2.05, 4.69) is 4.98 Å². The number of benzene rings is 1. The number of hydrogen-bond donors (Lipinski definition) is 1. The molecule has 100 valence electrons. The molecule has 1 aromatic heterocycles. The van der Waals surface area contributed by atoms with Crippen molar-refractivity contribution in [1.29, 1.82) is 0 Å². The minimum absolute atomic E-state index is 0.254. The zero-order chi connectivity index (χ0) is 13.8.